The number of halogens is 1. The first-order valence-corrected chi connectivity index (χ1v) is 7.79. The second kappa shape index (κ2) is 7.35. The van der Waals surface area contributed by atoms with E-state index in [-0.39, 0.29) is 0 Å². The molecular weight excluding hydrogens is 286 g/mol. The van der Waals surface area contributed by atoms with Gasteiger partial charge in [-0.3, -0.25) is 4.68 Å². The highest BCUT2D eigenvalue weighted by molar-refractivity contribution is 9.10. The van der Waals surface area contributed by atoms with Crippen molar-refractivity contribution in [2.24, 2.45) is 7.05 Å². The minimum atomic E-state index is 0.887. The summed E-state index contributed by atoms with van der Waals surface area (Å²) in [5, 5.41) is 7.92. The minimum absolute atomic E-state index is 0.887. The van der Waals surface area contributed by atoms with Crippen LogP contribution in [0.2, 0.25) is 0 Å². The van der Waals surface area contributed by atoms with Crippen molar-refractivity contribution < 1.29 is 0 Å². The molecule has 0 spiro atoms. The van der Waals surface area contributed by atoms with Gasteiger partial charge in [-0.25, -0.2) is 0 Å². The largest absolute Gasteiger partial charge is 0.311 e. The van der Waals surface area contributed by atoms with Gasteiger partial charge in [0.1, 0.15) is 0 Å². The number of rotatable bonds is 7. The molecule has 1 N–H and O–H groups in total. The maximum absolute atomic E-state index is 4.47. The van der Waals surface area contributed by atoms with E-state index in [2.05, 4.69) is 39.5 Å². The zero-order chi connectivity index (χ0) is 12.0. The predicted octanol–water partition coefficient (Wildman–Crippen LogP) is 2.59. The van der Waals surface area contributed by atoms with Crippen molar-refractivity contribution >= 4 is 27.7 Å². The molecule has 0 saturated heterocycles. The molecule has 0 amide bonds. The van der Waals surface area contributed by atoms with Gasteiger partial charge in [0.05, 0.1) is 15.9 Å². The number of aromatic nitrogens is 2. The molecule has 0 fully saturated rings. The molecule has 0 unspecified atom stereocenters. The van der Waals surface area contributed by atoms with E-state index in [9.17, 15) is 0 Å². The van der Waals surface area contributed by atoms with Crippen LogP contribution in [0.1, 0.15) is 24.7 Å². The van der Waals surface area contributed by atoms with E-state index in [1.165, 1.54) is 17.9 Å². The molecule has 0 aliphatic carbocycles. The smallest absolute Gasteiger partial charge is 0.0767 e. The fourth-order valence-electron chi connectivity index (χ4n) is 1.56. The molecule has 3 nitrogen and oxygen atoms in total. The van der Waals surface area contributed by atoms with Crippen LogP contribution in [0.4, 0.5) is 0 Å². The predicted molar refractivity (Wildman–Crippen MR) is 75.0 cm³/mol. The number of aryl methyl sites for hydroxylation is 2. The second-order valence-electron chi connectivity index (χ2n) is 3.71. The Bertz CT molecular complexity index is 325. The van der Waals surface area contributed by atoms with Gasteiger partial charge in [-0.1, -0.05) is 6.92 Å². The molecule has 0 aromatic carbocycles. The van der Waals surface area contributed by atoms with Gasteiger partial charge in [-0.15, -0.1) is 0 Å². The van der Waals surface area contributed by atoms with E-state index >= 15 is 0 Å². The van der Waals surface area contributed by atoms with Crippen LogP contribution in [0.5, 0.6) is 0 Å². The van der Waals surface area contributed by atoms with Crippen molar-refractivity contribution in [3.63, 3.8) is 0 Å². The molecule has 0 bridgehead atoms. The number of thioether (sulfide) groups is 1. The van der Waals surface area contributed by atoms with Gasteiger partial charge in [0, 0.05) is 13.6 Å². The van der Waals surface area contributed by atoms with Gasteiger partial charge in [-0.05, 0) is 47.3 Å². The number of hydrogen-bond acceptors (Lipinski definition) is 3. The van der Waals surface area contributed by atoms with Crippen LogP contribution in [-0.2, 0) is 20.0 Å². The van der Waals surface area contributed by atoms with Crippen LogP contribution >= 0.6 is 27.7 Å². The van der Waals surface area contributed by atoms with E-state index < -0.39 is 0 Å². The topological polar surface area (TPSA) is 29.9 Å². The van der Waals surface area contributed by atoms with Crippen LogP contribution in [0, 0.1) is 0 Å². The molecular formula is C11H20BrN3S. The minimum Gasteiger partial charge on any atom is -0.311 e. The molecule has 1 aromatic heterocycles. The standard InChI is InChI=1S/C11H20BrN3S/c1-4-9-11(12)10(15(2)14-9)8-13-6-5-7-16-3/h13H,4-8H2,1-3H3. The monoisotopic (exact) mass is 305 g/mol. The molecule has 92 valence electrons. The van der Waals surface area contributed by atoms with Crippen LogP contribution in [-0.4, -0.2) is 28.3 Å². The van der Waals surface area contributed by atoms with E-state index in [1.54, 1.807) is 0 Å². The molecule has 0 atom stereocenters. The Kier molecular flexibility index (Phi) is 6.46. The van der Waals surface area contributed by atoms with E-state index in [0.29, 0.717) is 0 Å². The molecule has 5 heteroatoms. The van der Waals surface area contributed by atoms with Crippen molar-refractivity contribution in [2.45, 2.75) is 26.3 Å². The van der Waals surface area contributed by atoms with Crippen molar-refractivity contribution in [1.82, 2.24) is 15.1 Å². The molecule has 1 heterocycles. The van der Waals surface area contributed by atoms with Gasteiger partial charge in [0.15, 0.2) is 0 Å². The normalized spacial score (nSPS) is 11.0. The maximum Gasteiger partial charge on any atom is 0.0767 e. The van der Waals surface area contributed by atoms with Gasteiger partial charge < -0.3 is 5.32 Å². The number of nitrogens with one attached hydrogen (secondary N) is 1. The van der Waals surface area contributed by atoms with Crippen molar-refractivity contribution in [2.75, 3.05) is 18.6 Å². The van der Waals surface area contributed by atoms with Crippen molar-refractivity contribution in [3.8, 4) is 0 Å². The Hall–Kier alpha value is -0.000000000000000111. The van der Waals surface area contributed by atoms with Crippen LogP contribution in [0.25, 0.3) is 0 Å². The summed E-state index contributed by atoms with van der Waals surface area (Å²) in [4.78, 5) is 0. The van der Waals surface area contributed by atoms with E-state index in [0.717, 1.165) is 29.7 Å². The molecule has 0 radical (unpaired) electrons. The maximum atomic E-state index is 4.47. The number of nitrogens with zero attached hydrogens (tertiary/aromatic N) is 2. The Labute approximate surface area is 110 Å². The molecule has 16 heavy (non-hydrogen) atoms. The first-order valence-electron chi connectivity index (χ1n) is 5.60. The Balaban J connectivity index is 2.44. The third-order valence-electron chi connectivity index (χ3n) is 2.50. The Morgan fingerprint density at radius 2 is 2.25 bits per heavy atom. The summed E-state index contributed by atoms with van der Waals surface area (Å²) in [5.74, 6) is 1.22. The van der Waals surface area contributed by atoms with Crippen LogP contribution in [0.3, 0.4) is 0 Å². The van der Waals surface area contributed by atoms with Gasteiger partial charge in [-0.2, -0.15) is 16.9 Å². The summed E-state index contributed by atoms with van der Waals surface area (Å²) in [5.41, 5.74) is 2.38. The summed E-state index contributed by atoms with van der Waals surface area (Å²) in [6.45, 7) is 4.08. The summed E-state index contributed by atoms with van der Waals surface area (Å²) < 4.78 is 3.12. The second-order valence-corrected chi connectivity index (χ2v) is 5.49. The van der Waals surface area contributed by atoms with Gasteiger partial charge in [0.2, 0.25) is 0 Å². The van der Waals surface area contributed by atoms with E-state index in [4.69, 9.17) is 0 Å². The summed E-state index contributed by atoms with van der Waals surface area (Å²) >= 11 is 5.51. The third kappa shape index (κ3) is 3.79. The lowest BCUT2D eigenvalue weighted by Crippen LogP contribution is -2.17. The van der Waals surface area contributed by atoms with Crippen molar-refractivity contribution in [1.29, 1.82) is 0 Å². The number of hydrogen-bond donors (Lipinski definition) is 1. The highest BCUT2D eigenvalue weighted by Gasteiger charge is 2.11. The molecule has 0 aliphatic heterocycles. The highest BCUT2D eigenvalue weighted by atomic mass is 79.9. The third-order valence-corrected chi connectivity index (χ3v) is 4.11. The summed E-state index contributed by atoms with van der Waals surface area (Å²) in [6, 6.07) is 0. The average molecular weight is 306 g/mol. The van der Waals surface area contributed by atoms with Gasteiger partial charge in [0.25, 0.3) is 0 Å². The van der Waals surface area contributed by atoms with Crippen molar-refractivity contribution in [3.05, 3.63) is 15.9 Å². The Morgan fingerprint density at radius 1 is 1.50 bits per heavy atom. The Morgan fingerprint density at radius 3 is 2.81 bits per heavy atom. The zero-order valence-electron chi connectivity index (χ0n) is 10.2. The van der Waals surface area contributed by atoms with Crippen LogP contribution in [0.15, 0.2) is 4.47 Å². The van der Waals surface area contributed by atoms with Gasteiger partial charge >= 0.3 is 0 Å². The molecule has 1 rings (SSSR count). The first kappa shape index (κ1) is 14.1. The van der Waals surface area contributed by atoms with Crippen LogP contribution < -0.4 is 5.32 Å². The fourth-order valence-corrected chi connectivity index (χ4v) is 2.75. The molecule has 0 saturated carbocycles. The summed E-state index contributed by atoms with van der Waals surface area (Å²) in [7, 11) is 2.00. The van der Waals surface area contributed by atoms with E-state index in [1.807, 2.05) is 23.5 Å². The summed E-state index contributed by atoms with van der Waals surface area (Å²) in [6.07, 6.45) is 4.34. The lowest BCUT2D eigenvalue weighted by Gasteiger charge is -2.05. The fraction of sp³-hybridized carbons (Fsp3) is 0.727. The molecule has 0 aliphatic rings. The zero-order valence-corrected chi connectivity index (χ0v) is 12.6. The lowest BCUT2D eigenvalue weighted by atomic mass is 10.3. The average Bonchev–Trinajstić information content (AvgIpc) is 2.55. The first-order chi connectivity index (χ1) is 7.70. The molecule has 1 aromatic rings. The highest BCUT2D eigenvalue weighted by Crippen LogP contribution is 2.21. The SMILES string of the molecule is CCc1nn(C)c(CNCCCSC)c1Br. The quantitative estimate of drug-likeness (QED) is 0.785. The lowest BCUT2D eigenvalue weighted by molar-refractivity contribution is 0.618.